The number of rotatable bonds is 8. The smallest absolute Gasteiger partial charge is 0.223 e. The summed E-state index contributed by atoms with van der Waals surface area (Å²) in [5, 5.41) is 31.3. The molecule has 3 N–H and O–H groups in total. The summed E-state index contributed by atoms with van der Waals surface area (Å²) in [6, 6.07) is 8.24. The van der Waals surface area contributed by atoms with Crippen molar-refractivity contribution < 1.29 is 13.5 Å². The molecule has 3 aromatic rings. The van der Waals surface area contributed by atoms with E-state index in [-0.39, 0.29) is 6.04 Å². The fourth-order valence-corrected chi connectivity index (χ4v) is 6.26. The van der Waals surface area contributed by atoms with Gasteiger partial charge in [0, 0.05) is 43.5 Å². The Morgan fingerprint density at radius 3 is 2.62 bits per heavy atom. The first kappa shape index (κ1) is 27.5. The van der Waals surface area contributed by atoms with Gasteiger partial charge in [0.1, 0.15) is 6.07 Å². The number of benzene rings is 1. The van der Waals surface area contributed by atoms with E-state index in [1.807, 2.05) is 25.1 Å². The number of hydrogen-bond donors (Lipinski definition) is 3. The summed E-state index contributed by atoms with van der Waals surface area (Å²) in [6.45, 7) is 3.37. The van der Waals surface area contributed by atoms with Gasteiger partial charge in [0.05, 0.1) is 46.2 Å². The minimum absolute atomic E-state index is 0.0239. The maximum absolute atomic E-state index is 11.8. The molecule has 3 heterocycles. The van der Waals surface area contributed by atoms with Gasteiger partial charge in [-0.15, -0.1) is 0 Å². The SMILES string of the molecule is CS(=O)(=O)N1CCC(Nc2ncc(C#N)c(-c3cnn(-c4ccc(CN[C@H]5C[C@@](C)(O)C5)cc4Cl)c3)n2)CC1. The molecule has 0 spiro atoms. The van der Waals surface area contributed by atoms with Crippen LogP contribution in [0.3, 0.4) is 0 Å². The molecule has 0 bridgehead atoms. The van der Waals surface area contributed by atoms with Crippen molar-refractivity contribution in [2.75, 3.05) is 24.7 Å². The first-order chi connectivity index (χ1) is 18.5. The van der Waals surface area contributed by atoms with Crippen molar-refractivity contribution in [3.63, 3.8) is 0 Å². The predicted octanol–water partition coefficient (Wildman–Crippen LogP) is 2.69. The molecule has 1 aliphatic heterocycles. The summed E-state index contributed by atoms with van der Waals surface area (Å²) in [5.41, 5.74) is 2.56. The van der Waals surface area contributed by atoms with Gasteiger partial charge in [-0.2, -0.15) is 10.4 Å². The summed E-state index contributed by atoms with van der Waals surface area (Å²) in [4.78, 5) is 8.88. The zero-order valence-corrected chi connectivity index (χ0v) is 23.4. The fraction of sp³-hybridized carbons (Fsp3) is 0.462. The highest BCUT2D eigenvalue weighted by atomic mass is 35.5. The van der Waals surface area contributed by atoms with Crippen LogP contribution in [0, 0.1) is 11.3 Å². The molecule has 1 saturated heterocycles. The second-order valence-electron chi connectivity index (χ2n) is 10.6. The number of aromatic nitrogens is 4. The van der Waals surface area contributed by atoms with E-state index in [1.54, 1.807) is 17.1 Å². The number of nitrogens with one attached hydrogen (secondary N) is 2. The van der Waals surface area contributed by atoms with Crippen molar-refractivity contribution in [1.29, 1.82) is 5.26 Å². The molecule has 0 atom stereocenters. The standard InChI is InChI=1S/C26H31ClN8O3S/c1-26(36)10-21(11-26)29-13-17-3-4-23(22(27)9-17)35-16-19(15-31-35)24-18(12-28)14-30-25(33-24)32-20-5-7-34(8-6-20)39(2,37)38/h3-4,9,14-16,20-21,29,36H,5-8,10-11,13H2,1-2H3,(H,30,32,33)/t21-,26+. The molecule has 2 aromatic heterocycles. The van der Waals surface area contributed by atoms with Gasteiger partial charge in [-0.3, -0.25) is 0 Å². The van der Waals surface area contributed by atoms with Crippen molar-refractivity contribution in [1.82, 2.24) is 29.4 Å². The van der Waals surface area contributed by atoms with E-state index in [2.05, 4.69) is 31.8 Å². The lowest BCUT2D eigenvalue weighted by Crippen LogP contribution is -2.51. The average molecular weight is 571 g/mol. The van der Waals surface area contributed by atoms with Crippen LogP contribution in [0.25, 0.3) is 16.9 Å². The van der Waals surface area contributed by atoms with Crippen LogP contribution >= 0.6 is 11.6 Å². The molecule has 5 rings (SSSR count). The molecule has 0 unspecified atom stereocenters. The van der Waals surface area contributed by atoms with Crippen LogP contribution < -0.4 is 10.6 Å². The summed E-state index contributed by atoms with van der Waals surface area (Å²) in [6.07, 6.45) is 8.84. The minimum Gasteiger partial charge on any atom is -0.390 e. The predicted molar refractivity (Wildman–Crippen MR) is 148 cm³/mol. The summed E-state index contributed by atoms with van der Waals surface area (Å²) >= 11 is 6.60. The van der Waals surface area contributed by atoms with Crippen LogP contribution in [0.1, 0.15) is 43.7 Å². The molecule has 206 valence electrons. The zero-order chi connectivity index (χ0) is 27.8. The van der Waals surface area contributed by atoms with E-state index in [0.717, 1.165) is 18.4 Å². The van der Waals surface area contributed by atoms with Gasteiger partial charge in [-0.05, 0) is 50.3 Å². The molecule has 39 heavy (non-hydrogen) atoms. The number of nitriles is 1. The van der Waals surface area contributed by atoms with Crippen LogP contribution in [0.15, 0.2) is 36.8 Å². The van der Waals surface area contributed by atoms with E-state index >= 15 is 0 Å². The van der Waals surface area contributed by atoms with Crippen LogP contribution in [0.4, 0.5) is 5.95 Å². The Morgan fingerprint density at radius 2 is 1.97 bits per heavy atom. The van der Waals surface area contributed by atoms with E-state index in [4.69, 9.17) is 11.6 Å². The molecule has 1 saturated carbocycles. The number of piperidine rings is 1. The van der Waals surface area contributed by atoms with Crippen molar-refractivity contribution in [3.05, 3.63) is 52.9 Å². The van der Waals surface area contributed by atoms with E-state index in [0.29, 0.717) is 72.0 Å². The highest BCUT2D eigenvalue weighted by Gasteiger charge is 2.37. The van der Waals surface area contributed by atoms with Gasteiger partial charge in [0.25, 0.3) is 0 Å². The van der Waals surface area contributed by atoms with Crippen molar-refractivity contribution in [2.24, 2.45) is 0 Å². The fourth-order valence-electron chi connectivity index (χ4n) is 5.10. The third-order valence-electron chi connectivity index (χ3n) is 7.25. The lowest BCUT2D eigenvalue weighted by molar-refractivity contribution is -0.0393. The molecule has 2 aliphatic rings. The molecule has 1 aromatic carbocycles. The molecular formula is C26H31ClN8O3S. The summed E-state index contributed by atoms with van der Waals surface area (Å²) < 4.78 is 26.7. The molecule has 11 nitrogen and oxygen atoms in total. The van der Waals surface area contributed by atoms with Crippen molar-refractivity contribution in [3.8, 4) is 23.0 Å². The molecule has 0 amide bonds. The molecule has 1 aliphatic carbocycles. The Hall–Kier alpha value is -3.08. The first-order valence-electron chi connectivity index (χ1n) is 12.8. The van der Waals surface area contributed by atoms with Gasteiger partial charge in [-0.1, -0.05) is 17.7 Å². The number of hydrogen-bond acceptors (Lipinski definition) is 9. The molecule has 13 heteroatoms. The van der Waals surface area contributed by atoms with E-state index < -0.39 is 15.6 Å². The lowest BCUT2D eigenvalue weighted by Gasteiger charge is -2.41. The Labute approximate surface area is 232 Å². The monoisotopic (exact) mass is 570 g/mol. The topological polar surface area (TPSA) is 149 Å². The number of nitrogens with zero attached hydrogens (tertiary/aromatic N) is 6. The number of anilines is 1. The van der Waals surface area contributed by atoms with Crippen molar-refractivity contribution in [2.45, 2.75) is 56.8 Å². The van der Waals surface area contributed by atoms with E-state index in [1.165, 1.54) is 16.8 Å². The van der Waals surface area contributed by atoms with Crippen LogP contribution in [-0.4, -0.2) is 74.6 Å². The second-order valence-corrected chi connectivity index (χ2v) is 13.0. The van der Waals surface area contributed by atoms with Crippen LogP contribution in [-0.2, 0) is 16.6 Å². The number of sulfonamides is 1. The van der Waals surface area contributed by atoms with Gasteiger partial charge in [0.15, 0.2) is 0 Å². The van der Waals surface area contributed by atoms with Gasteiger partial charge >= 0.3 is 0 Å². The Morgan fingerprint density at radius 1 is 1.23 bits per heavy atom. The Bertz CT molecular complexity index is 1500. The molecule has 0 radical (unpaired) electrons. The zero-order valence-electron chi connectivity index (χ0n) is 21.8. The maximum Gasteiger partial charge on any atom is 0.223 e. The minimum atomic E-state index is -3.20. The summed E-state index contributed by atoms with van der Waals surface area (Å²) in [5.74, 6) is 0.373. The highest BCUT2D eigenvalue weighted by molar-refractivity contribution is 7.88. The largest absolute Gasteiger partial charge is 0.390 e. The highest BCUT2D eigenvalue weighted by Crippen LogP contribution is 2.32. The second kappa shape index (κ2) is 10.8. The molecule has 2 fully saturated rings. The van der Waals surface area contributed by atoms with Crippen LogP contribution in [0.2, 0.25) is 5.02 Å². The normalized spacial score (nSPS) is 22.3. The van der Waals surface area contributed by atoms with Gasteiger partial charge < -0.3 is 15.7 Å². The van der Waals surface area contributed by atoms with E-state index in [9.17, 15) is 18.8 Å². The van der Waals surface area contributed by atoms with Gasteiger partial charge in [-0.25, -0.2) is 27.4 Å². The van der Waals surface area contributed by atoms with Crippen LogP contribution in [0.5, 0.6) is 0 Å². The maximum atomic E-state index is 11.8. The summed E-state index contributed by atoms with van der Waals surface area (Å²) in [7, 11) is -3.20. The third kappa shape index (κ3) is 6.40. The lowest BCUT2D eigenvalue weighted by atomic mass is 9.77. The Balaban J connectivity index is 1.28. The number of halogens is 1. The third-order valence-corrected chi connectivity index (χ3v) is 8.85. The number of aliphatic hydroxyl groups is 1. The van der Waals surface area contributed by atoms with Gasteiger partial charge in [0.2, 0.25) is 16.0 Å². The molecular weight excluding hydrogens is 540 g/mol. The average Bonchev–Trinajstić information content (AvgIpc) is 3.36. The first-order valence-corrected chi connectivity index (χ1v) is 15.0. The Kier molecular flexibility index (Phi) is 7.63. The van der Waals surface area contributed by atoms with Crippen molar-refractivity contribution >= 4 is 27.6 Å². The quantitative estimate of drug-likeness (QED) is 0.371.